The number of ether oxygens (including phenoxy) is 1. The van der Waals surface area contributed by atoms with Crippen molar-refractivity contribution in [2.75, 3.05) is 0 Å². The molecule has 1 unspecified atom stereocenters. The van der Waals surface area contributed by atoms with Gasteiger partial charge in [-0.05, 0) is 6.42 Å². The number of imidazole rings is 1. The fraction of sp³-hybridized carbons (Fsp3) is 0.571. The van der Waals surface area contributed by atoms with Crippen molar-refractivity contribution in [3.8, 4) is 5.88 Å². The van der Waals surface area contributed by atoms with E-state index in [9.17, 15) is 9.90 Å². The summed E-state index contributed by atoms with van der Waals surface area (Å²) in [5, 5.41) is 9.21. The van der Waals surface area contributed by atoms with Gasteiger partial charge in [-0.1, -0.05) is 6.92 Å². The lowest BCUT2D eigenvalue weighted by Gasteiger charge is -2.06. The first-order chi connectivity index (χ1) is 5.74. The normalized spacial score (nSPS) is 21.2. The highest BCUT2D eigenvalue weighted by Gasteiger charge is 2.26. The van der Waals surface area contributed by atoms with Crippen molar-refractivity contribution in [1.82, 2.24) is 9.55 Å². The number of aromatic nitrogens is 2. The van der Waals surface area contributed by atoms with Crippen LogP contribution >= 0.6 is 0 Å². The van der Waals surface area contributed by atoms with E-state index in [0.717, 1.165) is 6.42 Å². The van der Waals surface area contributed by atoms with Crippen LogP contribution in [0.1, 0.15) is 25.3 Å². The molecule has 1 aliphatic heterocycles. The Labute approximate surface area is 68.6 Å². The molecule has 0 fully saturated rings. The first-order valence-electron chi connectivity index (χ1n) is 3.88. The van der Waals surface area contributed by atoms with Gasteiger partial charge in [0.05, 0.1) is 6.61 Å². The highest BCUT2D eigenvalue weighted by Crippen LogP contribution is 2.27. The lowest BCUT2D eigenvalue weighted by molar-refractivity contribution is 0.0268. The van der Waals surface area contributed by atoms with Crippen molar-refractivity contribution < 1.29 is 9.84 Å². The zero-order valence-electron chi connectivity index (χ0n) is 6.70. The second-order valence-electron chi connectivity index (χ2n) is 2.77. The lowest BCUT2D eigenvalue weighted by Crippen LogP contribution is -2.19. The van der Waals surface area contributed by atoms with Gasteiger partial charge >= 0.3 is 5.69 Å². The molecule has 5 heteroatoms. The van der Waals surface area contributed by atoms with Gasteiger partial charge in [0, 0.05) is 0 Å². The highest BCUT2D eigenvalue weighted by molar-refractivity contribution is 5.19. The number of nitrogens with zero attached hydrogens (tertiary/aromatic N) is 1. The number of H-pyrrole nitrogens is 1. The molecule has 0 saturated carbocycles. The molecule has 1 atom stereocenters. The van der Waals surface area contributed by atoms with Gasteiger partial charge in [0.1, 0.15) is 11.9 Å². The second-order valence-corrected chi connectivity index (χ2v) is 2.77. The molecule has 0 spiro atoms. The third kappa shape index (κ3) is 0.797. The predicted octanol–water partition coefficient (Wildman–Crippen LogP) is 0.321. The molecule has 66 valence electrons. The minimum atomic E-state index is -0.299. The van der Waals surface area contributed by atoms with Gasteiger partial charge in [-0.3, -0.25) is 9.55 Å². The molecule has 0 aromatic carbocycles. The standard InChI is InChI=1S/C7H10N2O3/c1-2-5-9-4(3-12-5)6(10)8-7(9)11/h5,10H,2-3H2,1H3,(H,8,11). The van der Waals surface area contributed by atoms with E-state index < -0.39 is 0 Å². The number of aromatic amines is 1. The Kier molecular flexibility index (Phi) is 1.47. The predicted molar refractivity (Wildman–Crippen MR) is 40.8 cm³/mol. The minimum Gasteiger partial charge on any atom is -0.493 e. The number of hydrogen-bond acceptors (Lipinski definition) is 3. The van der Waals surface area contributed by atoms with E-state index in [1.165, 1.54) is 4.57 Å². The fourth-order valence-corrected chi connectivity index (χ4v) is 1.46. The molecule has 0 saturated heterocycles. The van der Waals surface area contributed by atoms with Crippen LogP contribution in [0.3, 0.4) is 0 Å². The molecular formula is C7H10N2O3. The monoisotopic (exact) mass is 170 g/mol. The van der Waals surface area contributed by atoms with Crippen LogP contribution in [0.25, 0.3) is 0 Å². The van der Waals surface area contributed by atoms with E-state index in [-0.39, 0.29) is 17.8 Å². The Morgan fingerprint density at radius 2 is 2.58 bits per heavy atom. The van der Waals surface area contributed by atoms with Crippen LogP contribution in [0.15, 0.2) is 4.79 Å². The van der Waals surface area contributed by atoms with E-state index in [1.54, 1.807) is 0 Å². The SMILES string of the molecule is CCC1OCc2c(O)[nH]c(=O)n21. The van der Waals surface area contributed by atoms with Crippen molar-refractivity contribution in [3.05, 3.63) is 16.2 Å². The minimum absolute atomic E-state index is 0.0732. The third-order valence-corrected chi connectivity index (χ3v) is 2.06. The Morgan fingerprint density at radius 3 is 3.25 bits per heavy atom. The Morgan fingerprint density at radius 1 is 1.83 bits per heavy atom. The number of rotatable bonds is 1. The summed E-state index contributed by atoms with van der Waals surface area (Å²) in [6, 6.07) is 0. The molecule has 0 aliphatic carbocycles. The van der Waals surface area contributed by atoms with Crippen LogP contribution in [0.5, 0.6) is 5.88 Å². The van der Waals surface area contributed by atoms with Crippen LogP contribution in [-0.2, 0) is 11.3 Å². The van der Waals surface area contributed by atoms with Gasteiger partial charge < -0.3 is 9.84 Å². The number of aromatic hydroxyl groups is 1. The number of fused-ring (bicyclic) bond motifs is 1. The molecule has 1 aliphatic rings. The maximum absolute atomic E-state index is 11.2. The van der Waals surface area contributed by atoms with Gasteiger partial charge in [-0.25, -0.2) is 4.79 Å². The summed E-state index contributed by atoms with van der Waals surface area (Å²) in [5.74, 6) is -0.0732. The topological polar surface area (TPSA) is 67.2 Å². The fourth-order valence-electron chi connectivity index (χ4n) is 1.46. The smallest absolute Gasteiger partial charge is 0.330 e. The zero-order chi connectivity index (χ0) is 8.72. The van der Waals surface area contributed by atoms with Crippen molar-refractivity contribution in [2.24, 2.45) is 0 Å². The Bertz CT molecular complexity index is 352. The van der Waals surface area contributed by atoms with Crippen molar-refractivity contribution in [3.63, 3.8) is 0 Å². The molecular weight excluding hydrogens is 160 g/mol. The first-order valence-corrected chi connectivity index (χ1v) is 3.88. The van der Waals surface area contributed by atoms with Crippen LogP contribution in [0, 0.1) is 0 Å². The van der Waals surface area contributed by atoms with Gasteiger partial charge in [-0.15, -0.1) is 0 Å². The first kappa shape index (κ1) is 7.42. The lowest BCUT2D eigenvalue weighted by atomic mass is 10.4. The van der Waals surface area contributed by atoms with E-state index in [4.69, 9.17) is 4.74 Å². The summed E-state index contributed by atoms with van der Waals surface area (Å²) in [6.45, 7) is 2.24. The van der Waals surface area contributed by atoms with E-state index in [0.29, 0.717) is 12.3 Å². The van der Waals surface area contributed by atoms with E-state index >= 15 is 0 Å². The highest BCUT2D eigenvalue weighted by atomic mass is 16.5. The van der Waals surface area contributed by atoms with Gasteiger partial charge in [-0.2, -0.15) is 0 Å². The molecule has 12 heavy (non-hydrogen) atoms. The molecule has 5 nitrogen and oxygen atoms in total. The summed E-state index contributed by atoms with van der Waals surface area (Å²) in [7, 11) is 0. The molecule has 0 bridgehead atoms. The maximum atomic E-state index is 11.2. The molecule has 1 aromatic rings. The van der Waals surface area contributed by atoms with Crippen molar-refractivity contribution >= 4 is 0 Å². The van der Waals surface area contributed by atoms with Crippen LogP contribution in [0.4, 0.5) is 0 Å². The number of nitrogens with one attached hydrogen (secondary N) is 1. The molecule has 0 amide bonds. The summed E-state index contributed by atoms with van der Waals surface area (Å²) >= 11 is 0. The van der Waals surface area contributed by atoms with Crippen molar-refractivity contribution in [2.45, 2.75) is 26.2 Å². The van der Waals surface area contributed by atoms with Crippen LogP contribution < -0.4 is 5.69 Å². The summed E-state index contributed by atoms with van der Waals surface area (Å²) in [4.78, 5) is 13.5. The van der Waals surface area contributed by atoms with E-state index in [1.807, 2.05) is 6.92 Å². The average Bonchev–Trinajstić information content (AvgIpc) is 2.55. The number of hydrogen-bond donors (Lipinski definition) is 2. The Hall–Kier alpha value is -1.23. The Balaban J connectivity index is 2.57. The molecule has 1 aromatic heterocycles. The summed E-state index contributed by atoms with van der Waals surface area (Å²) in [6.07, 6.45) is 0.508. The second kappa shape index (κ2) is 2.38. The largest absolute Gasteiger partial charge is 0.493 e. The van der Waals surface area contributed by atoms with E-state index in [2.05, 4.69) is 4.98 Å². The van der Waals surface area contributed by atoms with Gasteiger partial charge in [0.2, 0.25) is 5.88 Å². The molecule has 2 rings (SSSR count). The molecule has 2 heterocycles. The van der Waals surface area contributed by atoms with Crippen molar-refractivity contribution in [1.29, 1.82) is 0 Å². The molecule has 0 radical (unpaired) electrons. The van der Waals surface area contributed by atoms with Gasteiger partial charge in [0.15, 0.2) is 0 Å². The maximum Gasteiger partial charge on any atom is 0.330 e. The average molecular weight is 170 g/mol. The van der Waals surface area contributed by atoms with Crippen LogP contribution in [-0.4, -0.2) is 14.7 Å². The zero-order valence-corrected chi connectivity index (χ0v) is 6.70. The molecule has 2 N–H and O–H groups in total. The summed E-state index contributed by atoms with van der Waals surface area (Å²) < 4.78 is 6.71. The quantitative estimate of drug-likeness (QED) is 0.637. The van der Waals surface area contributed by atoms with Crippen LogP contribution in [0.2, 0.25) is 0 Å². The van der Waals surface area contributed by atoms with Gasteiger partial charge in [0.25, 0.3) is 0 Å². The summed E-state index contributed by atoms with van der Waals surface area (Å²) in [5.41, 5.74) is 0.249. The third-order valence-electron chi connectivity index (χ3n) is 2.06.